The molecule has 0 spiro atoms. The van der Waals surface area contributed by atoms with Gasteiger partial charge in [-0.05, 0) is 31.5 Å². The van der Waals surface area contributed by atoms with Crippen molar-refractivity contribution in [1.82, 2.24) is 9.78 Å². The molecule has 1 heterocycles. The van der Waals surface area contributed by atoms with E-state index in [9.17, 15) is 0 Å². The maximum atomic E-state index is 5.14. The van der Waals surface area contributed by atoms with Crippen molar-refractivity contribution in [2.24, 2.45) is 0 Å². The summed E-state index contributed by atoms with van der Waals surface area (Å²) in [6.45, 7) is 5.79. The first-order valence-corrected chi connectivity index (χ1v) is 6.13. The lowest BCUT2D eigenvalue weighted by Crippen LogP contribution is -1.99. The summed E-state index contributed by atoms with van der Waals surface area (Å²) in [6.07, 6.45) is 2.04. The highest BCUT2D eigenvalue weighted by molar-refractivity contribution is 5.46. The number of aromatic nitrogens is 2. The van der Waals surface area contributed by atoms with Gasteiger partial charge in [-0.1, -0.05) is 12.1 Å². The molecule has 0 saturated heterocycles. The highest BCUT2D eigenvalue weighted by Crippen LogP contribution is 2.15. The van der Waals surface area contributed by atoms with E-state index in [4.69, 9.17) is 4.74 Å². The smallest absolute Gasteiger partial charge is 0.118 e. The van der Waals surface area contributed by atoms with Gasteiger partial charge >= 0.3 is 0 Å². The number of anilines is 1. The number of nitrogens with one attached hydrogen (secondary N) is 1. The molecule has 1 N–H and O–H groups in total. The highest BCUT2D eigenvalue weighted by Gasteiger charge is 2.03. The van der Waals surface area contributed by atoms with E-state index in [-0.39, 0.29) is 0 Å². The van der Waals surface area contributed by atoms with Crippen LogP contribution < -0.4 is 10.1 Å². The molecule has 4 heteroatoms. The fraction of sp³-hybridized carbons (Fsp3) is 0.357. The minimum absolute atomic E-state index is 0.792. The van der Waals surface area contributed by atoms with Crippen LogP contribution >= 0.6 is 0 Å². The van der Waals surface area contributed by atoms with Gasteiger partial charge in [0.05, 0.1) is 18.5 Å². The average molecular weight is 245 g/mol. The Labute approximate surface area is 108 Å². The Kier molecular flexibility index (Phi) is 3.87. The number of hydrogen-bond acceptors (Lipinski definition) is 3. The molecule has 4 nitrogen and oxygen atoms in total. The number of ether oxygens (including phenoxy) is 1. The molecule has 0 aliphatic carbocycles. The summed E-state index contributed by atoms with van der Waals surface area (Å²) in [5, 5.41) is 7.80. The number of methoxy groups -OCH3 is 1. The Hall–Kier alpha value is -1.97. The van der Waals surface area contributed by atoms with E-state index < -0.39 is 0 Å². The summed E-state index contributed by atoms with van der Waals surface area (Å²) in [5.74, 6) is 0.883. The molecule has 0 fully saturated rings. The van der Waals surface area contributed by atoms with Gasteiger partial charge in [0, 0.05) is 19.3 Å². The Bertz CT molecular complexity index is 502. The third-order valence-electron chi connectivity index (χ3n) is 2.91. The van der Waals surface area contributed by atoms with Gasteiger partial charge in [-0.25, -0.2) is 0 Å². The predicted molar refractivity (Wildman–Crippen MR) is 73.0 cm³/mol. The van der Waals surface area contributed by atoms with Crippen LogP contribution in [0.3, 0.4) is 0 Å². The molecule has 0 radical (unpaired) electrons. The molecule has 0 amide bonds. The van der Waals surface area contributed by atoms with Crippen LogP contribution in [0, 0.1) is 6.92 Å². The first-order chi connectivity index (χ1) is 8.72. The molecule has 0 atom stereocenters. The molecule has 0 bridgehead atoms. The molecule has 1 aromatic carbocycles. The first kappa shape index (κ1) is 12.5. The van der Waals surface area contributed by atoms with Crippen molar-refractivity contribution in [1.29, 1.82) is 0 Å². The number of benzene rings is 1. The van der Waals surface area contributed by atoms with Gasteiger partial charge in [0.1, 0.15) is 5.75 Å². The van der Waals surface area contributed by atoms with Crippen LogP contribution in [-0.2, 0) is 13.1 Å². The van der Waals surface area contributed by atoms with Gasteiger partial charge in [0.2, 0.25) is 0 Å². The summed E-state index contributed by atoms with van der Waals surface area (Å²) in [4.78, 5) is 0. The van der Waals surface area contributed by atoms with Crippen molar-refractivity contribution in [3.05, 3.63) is 41.7 Å². The van der Waals surface area contributed by atoms with Gasteiger partial charge < -0.3 is 10.1 Å². The van der Waals surface area contributed by atoms with Gasteiger partial charge in [0.25, 0.3) is 0 Å². The Morgan fingerprint density at radius 1 is 1.28 bits per heavy atom. The molecule has 18 heavy (non-hydrogen) atoms. The number of aryl methyl sites for hydroxylation is 2. The summed E-state index contributed by atoms with van der Waals surface area (Å²) in [6, 6.07) is 8.06. The van der Waals surface area contributed by atoms with E-state index in [2.05, 4.69) is 29.5 Å². The normalized spacial score (nSPS) is 10.4. The summed E-state index contributed by atoms with van der Waals surface area (Å²) in [5.41, 5.74) is 3.34. The molecule has 0 unspecified atom stereocenters. The van der Waals surface area contributed by atoms with E-state index in [0.29, 0.717) is 0 Å². The van der Waals surface area contributed by atoms with Crippen molar-refractivity contribution in [2.75, 3.05) is 12.4 Å². The van der Waals surface area contributed by atoms with Crippen LogP contribution in [0.2, 0.25) is 0 Å². The molecule has 2 rings (SSSR count). The monoisotopic (exact) mass is 245 g/mol. The second kappa shape index (κ2) is 5.58. The van der Waals surface area contributed by atoms with Gasteiger partial charge in [0.15, 0.2) is 0 Å². The van der Waals surface area contributed by atoms with E-state index in [1.54, 1.807) is 7.11 Å². The second-order valence-corrected chi connectivity index (χ2v) is 4.19. The SMILES string of the molecule is CCn1cc(NCc2ccc(OC)cc2)c(C)n1. The fourth-order valence-electron chi connectivity index (χ4n) is 1.79. The van der Waals surface area contributed by atoms with Crippen molar-refractivity contribution in [3.63, 3.8) is 0 Å². The lowest BCUT2D eigenvalue weighted by Gasteiger charge is -2.06. The lowest BCUT2D eigenvalue weighted by molar-refractivity contribution is 0.414. The van der Waals surface area contributed by atoms with E-state index >= 15 is 0 Å². The second-order valence-electron chi connectivity index (χ2n) is 4.19. The van der Waals surface area contributed by atoms with Crippen molar-refractivity contribution in [3.8, 4) is 5.75 Å². The number of nitrogens with zero attached hydrogens (tertiary/aromatic N) is 2. The minimum atomic E-state index is 0.792. The van der Waals surface area contributed by atoms with Crippen LogP contribution in [-0.4, -0.2) is 16.9 Å². The Morgan fingerprint density at radius 2 is 2.00 bits per heavy atom. The molecule has 0 saturated carbocycles. The van der Waals surface area contributed by atoms with Crippen LogP contribution in [0.4, 0.5) is 5.69 Å². The Morgan fingerprint density at radius 3 is 2.56 bits per heavy atom. The lowest BCUT2D eigenvalue weighted by atomic mass is 10.2. The number of rotatable bonds is 5. The minimum Gasteiger partial charge on any atom is -0.497 e. The highest BCUT2D eigenvalue weighted by atomic mass is 16.5. The first-order valence-electron chi connectivity index (χ1n) is 6.13. The van der Waals surface area contributed by atoms with Crippen LogP contribution in [0.1, 0.15) is 18.2 Å². The molecule has 0 aliphatic heterocycles. The molecule has 2 aromatic rings. The van der Waals surface area contributed by atoms with Crippen LogP contribution in [0.25, 0.3) is 0 Å². The zero-order valence-corrected chi connectivity index (χ0v) is 11.1. The quantitative estimate of drug-likeness (QED) is 0.880. The fourth-order valence-corrected chi connectivity index (χ4v) is 1.79. The molecule has 96 valence electrons. The zero-order valence-electron chi connectivity index (χ0n) is 11.1. The van der Waals surface area contributed by atoms with Crippen LogP contribution in [0.15, 0.2) is 30.5 Å². The average Bonchev–Trinajstić information content (AvgIpc) is 2.77. The van der Waals surface area contributed by atoms with E-state index in [1.807, 2.05) is 29.9 Å². The zero-order chi connectivity index (χ0) is 13.0. The van der Waals surface area contributed by atoms with Gasteiger partial charge in [-0.3, -0.25) is 4.68 Å². The van der Waals surface area contributed by atoms with Gasteiger partial charge in [-0.2, -0.15) is 5.10 Å². The Balaban J connectivity index is 1.99. The van der Waals surface area contributed by atoms with E-state index in [0.717, 1.165) is 30.2 Å². The summed E-state index contributed by atoms with van der Waals surface area (Å²) >= 11 is 0. The maximum Gasteiger partial charge on any atom is 0.118 e. The van der Waals surface area contributed by atoms with Crippen molar-refractivity contribution < 1.29 is 4.74 Å². The predicted octanol–water partition coefficient (Wildman–Crippen LogP) is 2.83. The van der Waals surface area contributed by atoms with Crippen LogP contribution in [0.5, 0.6) is 5.75 Å². The number of hydrogen-bond donors (Lipinski definition) is 1. The largest absolute Gasteiger partial charge is 0.497 e. The molecule has 0 aliphatic rings. The molecule has 1 aromatic heterocycles. The van der Waals surface area contributed by atoms with Crippen molar-refractivity contribution in [2.45, 2.75) is 26.9 Å². The van der Waals surface area contributed by atoms with E-state index in [1.165, 1.54) is 5.56 Å². The third kappa shape index (κ3) is 2.83. The third-order valence-corrected chi connectivity index (χ3v) is 2.91. The maximum absolute atomic E-state index is 5.14. The van der Waals surface area contributed by atoms with Crippen molar-refractivity contribution >= 4 is 5.69 Å². The summed E-state index contributed by atoms with van der Waals surface area (Å²) in [7, 11) is 1.68. The standard InChI is InChI=1S/C14H19N3O/c1-4-17-10-14(11(2)16-17)15-9-12-5-7-13(18-3)8-6-12/h5-8,10,15H,4,9H2,1-3H3. The topological polar surface area (TPSA) is 39.1 Å². The molecular weight excluding hydrogens is 226 g/mol. The van der Waals surface area contributed by atoms with Gasteiger partial charge in [-0.15, -0.1) is 0 Å². The molecular formula is C14H19N3O. The summed E-state index contributed by atoms with van der Waals surface area (Å²) < 4.78 is 7.07.